The van der Waals surface area contributed by atoms with Crippen LogP contribution in [0.2, 0.25) is 0 Å². The van der Waals surface area contributed by atoms with Gasteiger partial charge in [0.05, 0.1) is 0 Å². The van der Waals surface area contributed by atoms with E-state index in [9.17, 15) is 4.79 Å². The van der Waals surface area contributed by atoms with Gasteiger partial charge in [0.25, 0.3) is 0 Å². The molecule has 0 aliphatic heterocycles. The molecule has 16 heavy (non-hydrogen) atoms. The minimum Gasteiger partial charge on any atom is -0.340 e. The first-order chi connectivity index (χ1) is 7.72. The van der Waals surface area contributed by atoms with E-state index in [1.807, 2.05) is 0 Å². The third-order valence-corrected chi connectivity index (χ3v) is 4.33. The van der Waals surface area contributed by atoms with Crippen LogP contribution in [0.3, 0.4) is 0 Å². The van der Waals surface area contributed by atoms with Gasteiger partial charge in [-0.05, 0) is 44.9 Å². The van der Waals surface area contributed by atoms with Crippen LogP contribution >= 0.6 is 0 Å². The fourth-order valence-electron chi connectivity index (χ4n) is 3.00. The number of hydrogen-bond donors (Lipinski definition) is 1. The highest BCUT2D eigenvalue weighted by Gasteiger charge is 2.31. The van der Waals surface area contributed by atoms with Crippen molar-refractivity contribution in [1.29, 1.82) is 0 Å². The third kappa shape index (κ3) is 2.40. The van der Waals surface area contributed by atoms with Crippen molar-refractivity contribution in [2.24, 2.45) is 11.7 Å². The second kappa shape index (κ2) is 5.17. The lowest BCUT2D eigenvalue weighted by molar-refractivity contribution is -0.136. The van der Waals surface area contributed by atoms with Crippen molar-refractivity contribution < 1.29 is 4.79 Å². The van der Waals surface area contributed by atoms with Gasteiger partial charge in [0, 0.05) is 25.0 Å². The highest BCUT2D eigenvalue weighted by molar-refractivity contribution is 5.77. The predicted molar refractivity (Wildman–Crippen MR) is 65.0 cm³/mol. The van der Waals surface area contributed by atoms with Gasteiger partial charge in [0.2, 0.25) is 5.91 Å². The zero-order valence-electron chi connectivity index (χ0n) is 10.3. The quantitative estimate of drug-likeness (QED) is 0.793. The summed E-state index contributed by atoms with van der Waals surface area (Å²) in [6.45, 7) is 2.95. The molecule has 0 heterocycles. The monoisotopic (exact) mass is 224 g/mol. The summed E-state index contributed by atoms with van der Waals surface area (Å²) in [6, 6.07) is 0.805. The van der Waals surface area contributed by atoms with E-state index in [-0.39, 0.29) is 6.04 Å². The molecule has 2 rings (SSSR count). The molecule has 0 bridgehead atoms. The molecule has 2 fully saturated rings. The summed E-state index contributed by atoms with van der Waals surface area (Å²) in [5.41, 5.74) is 6.02. The number of rotatable bonds is 4. The van der Waals surface area contributed by atoms with Gasteiger partial charge in [-0.3, -0.25) is 4.79 Å². The van der Waals surface area contributed by atoms with Crippen LogP contribution in [0.1, 0.15) is 51.9 Å². The third-order valence-electron chi connectivity index (χ3n) is 4.33. The first-order valence-electron chi connectivity index (χ1n) is 6.77. The van der Waals surface area contributed by atoms with E-state index in [4.69, 9.17) is 5.73 Å². The molecule has 2 atom stereocenters. The molecule has 92 valence electrons. The second-order valence-electron chi connectivity index (χ2n) is 5.32. The smallest absolute Gasteiger partial charge is 0.223 e. The van der Waals surface area contributed by atoms with Crippen LogP contribution in [0.4, 0.5) is 0 Å². The van der Waals surface area contributed by atoms with Gasteiger partial charge in [0.1, 0.15) is 0 Å². The van der Waals surface area contributed by atoms with Crippen LogP contribution in [-0.2, 0) is 4.79 Å². The molecule has 2 aliphatic carbocycles. The average molecular weight is 224 g/mol. The Morgan fingerprint density at radius 3 is 2.38 bits per heavy atom. The summed E-state index contributed by atoms with van der Waals surface area (Å²) >= 11 is 0. The van der Waals surface area contributed by atoms with E-state index in [0.717, 1.165) is 19.4 Å². The van der Waals surface area contributed by atoms with Crippen LogP contribution in [0.25, 0.3) is 0 Å². The highest BCUT2D eigenvalue weighted by atomic mass is 16.2. The lowest BCUT2D eigenvalue weighted by Crippen LogP contribution is -2.45. The first-order valence-corrected chi connectivity index (χ1v) is 6.77. The van der Waals surface area contributed by atoms with Gasteiger partial charge in [-0.1, -0.05) is 6.42 Å². The molecule has 0 radical (unpaired) electrons. The van der Waals surface area contributed by atoms with E-state index >= 15 is 0 Å². The van der Waals surface area contributed by atoms with Crippen molar-refractivity contribution in [1.82, 2.24) is 4.90 Å². The SMILES string of the molecule is CCN(C(=O)C[C@@H]1CCC[C@H]1N)C1CCC1. The van der Waals surface area contributed by atoms with E-state index in [0.29, 0.717) is 24.3 Å². The Labute approximate surface area is 98.4 Å². The Morgan fingerprint density at radius 2 is 1.94 bits per heavy atom. The van der Waals surface area contributed by atoms with Crippen LogP contribution < -0.4 is 5.73 Å². The van der Waals surface area contributed by atoms with E-state index in [2.05, 4.69) is 11.8 Å². The number of amides is 1. The Morgan fingerprint density at radius 1 is 1.25 bits per heavy atom. The summed E-state index contributed by atoms with van der Waals surface area (Å²) in [5, 5.41) is 0. The molecule has 0 aromatic heterocycles. The van der Waals surface area contributed by atoms with Crippen LogP contribution in [0.15, 0.2) is 0 Å². The van der Waals surface area contributed by atoms with Gasteiger partial charge in [0.15, 0.2) is 0 Å². The number of nitrogens with zero attached hydrogens (tertiary/aromatic N) is 1. The van der Waals surface area contributed by atoms with E-state index in [1.54, 1.807) is 0 Å². The molecular weight excluding hydrogens is 200 g/mol. The topological polar surface area (TPSA) is 46.3 Å². The Kier molecular flexibility index (Phi) is 3.85. The number of nitrogens with two attached hydrogens (primary N) is 1. The van der Waals surface area contributed by atoms with Gasteiger partial charge in [-0.15, -0.1) is 0 Å². The van der Waals surface area contributed by atoms with E-state index in [1.165, 1.54) is 25.7 Å². The zero-order valence-corrected chi connectivity index (χ0v) is 10.3. The van der Waals surface area contributed by atoms with Crippen molar-refractivity contribution in [3.63, 3.8) is 0 Å². The Balaban J connectivity index is 1.85. The van der Waals surface area contributed by atoms with E-state index < -0.39 is 0 Å². The number of carbonyl (C=O) groups excluding carboxylic acids is 1. The predicted octanol–water partition coefficient (Wildman–Crippen LogP) is 1.90. The highest BCUT2D eigenvalue weighted by Crippen LogP contribution is 2.30. The van der Waals surface area contributed by atoms with Gasteiger partial charge < -0.3 is 10.6 Å². The largest absolute Gasteiger partial charge is 0.340 e. The second-order valence-corrected chi connectivity index (χ2v) is 5.32. The average Bonchev–Trinajstić information content (AvgIpc) is 2.57. The molecule has 0 saturated heterocycles. The maximum absolute atomic E-state index is 12.2. The fraction of sp³-hybridized carbons (Fsp3) is 0.923. The van der Waals surface area contributed by atoms with Gasteiger partial charge >= 0.3 is 0 Å². The molecule has 3 heteroatoms. The molecule has 0 aromatic rings. The summed E-state index contributed by atoms with van der Waals surface area (Å²) in [5.74, 6) is 0.788. The zero-order chi connectivity index (χ0) is 11.5. The van der Waals surface area contributed by atoms with Crippen molar-refractivity contribution in [3.8, 4) is 0 Å². The lowest BCUT2D eigenvalue weighted by atomic mass is 9.90. The molecule has 2 N–H and O–H groups in total. The molecule has 2 saturated carbocycles. The van der Waals surface area contributed by atoms with Crippen LogP contribution in [-0.4, -0.2) is 29.4 Å². The first kappa shape index (κ1) is 11.9. The summed E-state index contributed by atoms with van der Waals surface area (Å²) in [4.78, 5) is 14.3. The minimum atomic E-state index is 0.268. The maximum atomic E-state index is 12.2. The molecule has 0 aromatic carbocycles. The maximum Gasteiger partial charge on any atom is 0.223 e. The summed E-state index contributed by atoms with van der Waals surface area (Å²) < 4.78 is 0. The molecule has 0 spiro atoms. The van der Waals surface area contributed by atoms with Crippen molar-refractivity contribution in [2.45, 2.75) is 64.0 Å². The number of carbonyl (C=O) groups is 1. The molecule has 0 unspecified atom stereocenters. The van der Waals surface area contributed by atoms with Crippen molar-refractivity contribution in [2.75, 3.05) is 6.54 Å². The van der Waals surface area contributed by atoms with Crippen molar-refractivity contribution >= 4 is 5.91 Å². The molecular formula is C13H24N2O. The number of hydrogen-bond acceptors (Lipinski definition) is 2. The van der Waals surface area contributed by atoms with Gasteiger partial charge in [-0.25, -0.2) is 0 Å². The van der Waals surface area contributed by atoms with Gasteiger partial charge in [-0.2, -0.15) is 0 Å². The minimum absolute atomic E-state index is 0.268. The normalized spacial score (nSPS) is 30.1. The summed E-state index contributed by atoms with van der Waals surface area (Å²) in [6.07, 6.45) is 7.84. The van der Waals surface area contributed by atoms with Crippen LogP contribution in [0, 0.1) is 5.92 Å². The Bertz CT molecular complexity index is 250. The molecule has 1 amide bonds. The summed E-state index contributed by atoms with van der Waals surface area (Å²) in [7, 11) is 0. The van der Waals surface area contributed by atoms with Crippen molar-refractivity contribution in [3.05, 3.63) is 0 Å². The standard InChI is InChI=1S/C13H24N2O/c1-2-15(11-6-4-7-11)13(16)9-10-5-3-8-12(10)14/h10-12H,2-9,14H2,1H3/t10-,12+/m0/s1. The fourth-order valence-corrected chi connectivity index (χ4v) is 3.00. The molecule has 3 nitrogen and oxygen atoms in total. The Hall–Kier alpha value is -0.570. The van der Waals surface area contributed by atoms with Crippen LogP contribution in [0.5, 0.6) is 0 Å². The molecule has 2 aliphatic rings. The lowest BCUT2D eigenvalue weighted by Gasteiger charge is -2.37.